The number of hydrogen-bond donors (Lipinski definition) is 6. The normalized spacial score (nSPS) is 15.1. The minimum Gasteiger partial charge on any atom is -0.508 e. The largest absolute Gasteiger partial charge is 0.508 e. The molecule has 8 heteroatoms. The molecule has 3 rings (SSSR count). The molecule has 0 aliphatic heterocycles. The molecule has 0 bridgehead atoms. The van der Waals surface area contributed by atoms with Crippen LogP contribution in [0.3, 0.4) is 0 Å². The second-order valence-corrected chi connectivity index (χ2v) is 10.0. The monoisotopic (exact) mass is 533 g/mol. The lowest BCUT2D eigenvalue weighted by atomic mass is 9.89. The van der Waals surface area contributed by atoms with Crippen LogP contribution in [0.25, 0.3) is 0 Å². The summed E-state index contributed by atoms with van der Waals surface area (Å²) in [7, 11) is 0. The number of aliphatic hydroxyl groups is 2. The third-order valence-electron chi connectivity index (χ3n) is 6.94. The highest BCUT2D eigenvalue weighted by molar-refractivity contribution is 5.88. The van der Waals surface area contributed by atoms with Gasteiger partial charge in [-0.1, -0.05) is 72.8 Å². The molecule has 3 aromatic carbocycles. The number of phenols is 1. The molecule has 2 amide bonds. The van der Waals surface area contributed by atoms with Crippen LogP contribution in [0.4, 0.5) is 0 Å². The highest BCUT2D eigenvalue weighted by Gasteiger charge is 2.30. The minimum atomic E-state index is -1.00. The summed E-state index contributed by atoms with van der Waals surface area (Å²) in [4.78, 5) is 25.5. The van der Waals surface area contributed by atoms with Crippen molar-refractivity contribution in [3.8, 4) is 5.75 Å². The first-order valence-corrected chi connectivity index (χ1v) is 13.3. The second-order valence-electron chi connectivity index (χ2n) is 10.0. The van der Waals surface area contributed by atoms with Gasteiger partial charge in [-0.25, -0.2) is 0 Å². The van der Waals surface area contributed by atoms with Crippen molar-refractivity contribution in [1.82, 2.24) is 5.32 Å². The van der Waals surface area contributed by atoms with Gasteiger partial charge in [-0.3, -0.25) is 9.59 Å². The minimum absolute atomic E-state index is 0.165. The predicted octanol–water partition coefficient (Wildman–Crippen LogP) is 2.23. The lowest BCUT2D eigenvalue weighted by molar-refractivity contribution is -0.132. The molecule has 0 saturated heterocycles. The zero-order chi connectivity index (χ0) is 28.2. The van der Waals surface area contributed by atoms with E-state index in [1.165, 1.54) is 0 Å². The highest BCUT2D eigenvalue weighted by Crippen LogP contribution is 2.20. The Morgan fingerprint density at radius 2 is 1.23 bits per heavy atom. The fourth-order valence-corrected chi connectivity index (χ4v) is 4.61. The standard InChI is InChI=1S/C31H39N3O5/c32-26(19-23-14-16-24(35)17-15-23)29(37)13-7-12-28(36)25(18-21-8-3-1-4-9-21)31(39)34-27(30(33)38)20-22-10-5-2-6-11-22/h1-6,8-11,14-17,25-29,35-37H,7,12-13,18-20,32H2,(H2,33,38)(H,34,39)/t25-,26+,27+,28+,29+/m1/s1. The van der Waals surface area contributed by atoms with Crippen LogP contribution in [0.1, 0.15) is 36.0 Å². The number of aromatic hydroxyl groups is 1. The Bertz CT molecular complexity index is 1160. The molecular formula is C31H39N3O5. The van der Waals surface area contributed by atoms with E-state index in [0.717, 1.165) is 16.7 Å². The number of carbonyl (C=O) groups excluding carboxylic acids is 2. The third-order valence-corrected chi connectivity index (χ3v) is 6.94. The van der Waals surface area contributed by atoms with Crippen LogP contribution >= 0.6 is 0 Å². The molecule has 5 atom stereocenters. The Hall–Kier alpha value is -3.72. The number of carbonyl (C=O) groups is 2. The molecular weight excluding hydrogens is 494 g/mol. The van der Waals surface area contributed by atoms with Crippen molar-refractivity contribution in [2.75, 3.05) is 0 Å². The van der Waals surface area contributed by atoms with Gasteiger partial charge in [0, 0.05) is 12.5 Å². The van der Waals surface area contributed by atoms with Crippen molar-refractivity contribution in [1.29, 1.82) is 0 Å². The molecule has 0 aliphatic carbocycles. The number of nitrogens with one attached hydrogen (secondary N) is 1. The summed E-state index contributed by atoms with van der Waals surface area (Å²) in [6, 6.07) is 23.9. The molecule has 0 aromatic heterocycles. The summed E-state index contributed by atoms with van der Waals surface area (Å²) in [5.41, 5.74) is 14.4. The first-order valence-electron chi connectivity index (χ1n) is 13.3. The lowest BCUT2D eigenvalue weighted by Crippen LogP contribution is -2.50. The Kier molecular flexibility index (Phi) is 11.5. The van der Waals surface area contributed by atoms with Gasteiger partial charge in [-0.15, -0.1) is 0 Å². The number of amides is 2. The number of benzene rings is 3. The van der Waals surface area contributed by atoms with Crippen molar-refractivity contribution in [2.45, 2.75) is 62.8 Å². The summed E-state index contributed by atoms with van der Waals surface area (Å²) >= 11 is 0. The van der Waals surface area contributed by atoms with Crippen molar-refractivity contribution < 1.29 is 24.9 Å². The highest BCUT2D eigenvalue weighted by atomic mass is 16.3. The van der Waals surface area contributed by atoms with E-state index in [0.29, 0.717) is 19.3 Å². The molecule has 0 heterocycles. The van der Waals surface area contributed by atoms with E-state index in [1.54, 1.807) is 24.3 Å². The second kappa shape index (κ2) is 15.0. The molecule has 39 heavy (non-hydrogen) atoms. The van der Waals surface area contributed by atoms with Gasteiger partial charge in [0.05, 0.1) is 18.1 Å². The van der Waals surface area contributed by atoms with E-state index in [1.807, 2.05) is 60.7 Å². The first kappa shape index (κ1) is 29.8. The van der Waals surface area contributed by atoms with Crippen LogP contribution in [-0.2, 0) is 28.9 Å². The summed E-state index contributed by atoms with van der Waals surface area (Å²) in [6.45, 7) is 0. The van der Waals surface area contributed by atoms with Gasteiger partial charge in [0.2, 0.25) is 11.8 Å². The summed E-state index contributed by atoms with van der Waals surface area (Å²) in [6.07, 6.45) is 0.261. The maximum Gasteiger partial charge on any atom is 0.240 e. The number of aliphatic hydroxyl groups excluding tert-OH is 2. The smallest absolute Gasteiger partial charge is 0.240 e. The molecule has 0 fully saturated rings. The number of phenolic OH excluding ortho intramolecular Hbond substituents is 1. The van der Waals surface area contributed by atoms with Crippen molar-refractivity contribution >= 4 is 11.8 Å². The number of rotatable bonds is 15. The molecule has 0 radical (unpaired) electrons. The van der Waals surface area contributed by atoms with Gasteiger partial charge in [0.25, 0.3) is 0 Å². The molecule has 0 aliphatic rings. The van der Waals surface area contributed by atoms with Gasteiger partial charge < -0.3 is 32.1 Å². The Labute approximate surface area is 229 Å². The summed E-state index contributed by atoms with van der Waals surface area (Å²) in [5.74, 6) is -1.74. The van der Waals surface area contributed by atoms with Crippen molar-refractivity contribution in [2.24, 2.45) is 17.4 Å². The van der Waals surface area contributed by atoms with Crippen LogP contribution in [0.15, 0.2) is 84.9 Å². The number of nitrogens with two attached hydrogens (primary N) is 2. The van der Waals surface area contributed by atoms with Gasteiger partial charge in [-0.2, -0.15) is 0 Å². The first-order chi connectivity index (χ1) is 18.7. The zero-order valence-corrected chi connectivity index (χ0v) is 22.0. The molecule has 208 valence electrons. The molecule has 0 saturated carbocycles. The van der Waals surface area contributed by atoms with E-state index in [-0.39, 0.29) is 25.0 Å². The number of primary amides is 1. The SMILES string of the molecule is NC(=O)[C@H](Cc1ccccc1)NC(=O)[C@H](Cc1ccccc1)[C@@H](O)CCC[C@H](O)[C@@H](N)Cc1ccc(O)cc1. The van der Waals surface area contributed by atoms with Gasteiger partial charge in [0.15, 0.2) is 0 Å². The number of hydrogen-bond acceptors (Lipinski definition) is 6. The Morgan fingerprint density at radius 1 is 0.718 bits per heavy atom. The van der Waals surface area contributed by atoms with E-state index in [4.69, 9.17) is 11.5 Å². The predicted molar refractivity (Wildman–Crippen MR) is 151 cm³/mol. The van der Waals surface area contributed by atoms with Gasteiger partial charge in [-0.05, 0) is 60.9 Å². The maximum atomic E-state index is 13.4. The quantitative estimate of drug-likeness (QED) is 0.176. The molecule has 3 aromatic rings. The molecule has 8 N–H and O–H groups in total. The van der Waals surface area contributed by atoms with E-state index in [9.17, 15) is 24.9 Å². The average Bonchev–Trinajstić information content (AvgIpc) is 2.93. The zero-order valence-electron chi connectivity index (χ0n) is 22.0. The van der Waals surface area contributed by atoms with E-state index in [2.05, 4.69) is 5.32 Å². The van der Waals surface area contributed by atoms with E-state index >= 15 is 0 Å². The lowest BCUT2D eigenvalue weighted by Gasteiger charge is -2.26. The van der Waals surface area contributed by atoms with Gasteiger partial charge >= 0.3 is 0 Å². The van der Waals surface area contributed by atoms with E-state index < -0.39 is 42.0 Å². The molecule has 0 unspecified atom stereocenters. The van der Waals surface area contributed by atoms with Crippen molar-refractivity contribution in [3.63, 3.8) is 0 Å². The topological polar surface area (TPSA) is 159 Å². The van der Waals surface area contributed by atoms with Crippen molar-refractivity contribution in [3.05, 3.63) is 102 Å². The Morgan fingerprint density at radius 3 is 1.79 bits per heavy atom. The summed E-state index contributed by atoms with van der Waals surface area (Å²) in [5, 5.41) is 33.8. The van der Waals surface area contributed by atoms with Gasteiger partial charge in [0.1, 0.15) is 11.8 Å². The Balaban J connectivity index is 1.60. The van der Waals surface area contributed by atoms with Crippen LogP contribution in [0.2, 0.25) is 0 Å². The molecule has 8 nitrogen and oxygen atoms in total. The fourth-order valence-electron chi connectivity index (χ4n) is 4.61. The van der Waals surface area contributed by atoms with Crippen LogP contribution in [0, 0.1) is 5.92 Å². The van der Waals surface area contributed by atoms with Crippen LogP contribution in [-0.4, -0.2) is 51.4 Å². The summed E-state index contributed by atoms with van der Waals surface area (Å²) < 4.78 is 0. The molecule has 0 spiro atoms. The van der Waals surface area contributed by atoms with Crippen LogP contribution < -0.4 is 16.8 Å². The fraction of sp³-hybridized carbons (Fsp3) is 0.355. The maximum absolute atomic E-state index is 13.4. The van der Waals surface area contributed by atoms with Crippen LogP contribution in [0.5, 0.6) is 5.75 Å². The third kappa shape index (κ3) is 9.83. The average molecular weight is 534 g/mol.